The van der Waals surface area contributed by atoms with Gasteiger partial charge in [0.25, 0.3) is 0 Å². The van der Waals surface area contributed by atoms with Crippen LogP contribution in [0, 0.1) is 0 Å². The van der Waals surface area contributed by atoms with Gasteiger partial charge >= 0.3 is 5.97 Å². The number of rotatable bonds is 6. The molecule has 0 bridgehead atoms. The fourth-order valence-corrected chi connectivity index (χ4v) is 1.86. The number of carboxylic acids is 1. The highest BCUT2D eigenvalue weighted by Crippen LogP contribution is 2.27. The summed E-state index contributed by atoms with van der Waals surface area (Å²) < 4.78 is 11.3. The van der Waals surface area contributed by atoms with E-state index in [0.29, 0.717) is 23.2 Å². The second kappa shape index (κ2) is 6.20. The molecular weight excluding hydrogens is 300 g/mol. The summed E-state index contributed by atoms with van der Waals surface area (Å²) in [6.07, 6.45) is 0.676. The van der Waals surface area contributed by atoms with E-state index in [1.165, 1.54) is 0 Å². The van der Waals surface area contributed by atoms with Gasteiger partial charge in [-0.1, -0.05) is 6.07 Å². The van der Waals surface area contributed by atoms with Crippen LogP contribution in [0.5, 0.6) is 5.75 Å². The highest BCUT2D eigenvalue weighted by molar-refractivity contribution is 9.10. The molecule has 0 atom stereocenters. The van der Waals surface area contributed by atoms with E-state index in [0.717, 1.165) is 0 Å². The fourth-order valence-electron chi connectivity index (χ4n) is 1.34. The van der Waals surface area contributed by atoms with Crippen LogP contribution >= 0.6 is 15.9 Å². The topological polar surface area (TPSA) is 55.8 Å². The smallest absolute Gasteiger partial charge is 0.340 e. The maximum absolute atomic E-state index is 11.1. The highest BCUT2D eigenvalue weighted by atomic mass is 79.9. The molecule has 4 nitrogen and oxygen atoms in total. The zero-order chi connectivity index (χ0) is 13.8. The zero-order valence-corrected chi connectivity index (χ0v) is 12.3. The van der Waals surface area contributed by atoms with Crippen molar-refractivity contribution in [3.63, 3.8) is 0 Å². The van der Waals surface area contributed by atoms with E-state index in [4.69, 9.17) is 14.6 Å². The average Bonchev–Trinajstić information content (AvgIpc) is 2.28. The lowest BCUT2D eigenvalue weighted by Gasteiger charge is -2.22. The molecule has 100 valence electrons. The van der Waals surface area contributed by atoms with E-state index in [1.54, 1.807) is 25.3 Å². The van der Waals surface area contributed by atoms with E-state index in [2.05, 4.69) is 15.9 Å². The highest BCUT2D eigenvalue weighted by Gasteiger charge is 2.18. The first-order valence-corrected chi connectivity index (χ1v) is 6.36. The van der Waals surface area contributed by atoms with Crippen molar-refractivity contribution in [2.45, 2.75) is 25.9 Å². The van der Waals surface area contributed by atoms with Crippen molar-refractivity contribution < 1.29 is 19.4 Å². The molecule has 0 saturated heterocycles. The Morgan fingerprint density at radius 2 is 2.11 bits per heavy atom. The van der Waals surface area contributed by atoms with E-state index in [1.807, 2.05) is 13.8 Å². The molecule has 0 spiro atoms. The molecule has 0 aliphatic rings. The van der Waals surface area contributed by atoms with Crippen molar-refractivity contribution >= 4 is 21.9 Å². The number of hydrogen-bond donors (Lipinski definition) is 1. The zero-order valence-electron chi connectivity index (χ0n) is 10.7. The minimum atomic E-state index is -1.01. The van der Waals surface area contributed by atoms with Crippen molar-refractivity contribution in [1.82, 2.24) is 0 Å². The molecule has 5 heteroatoms. The van der Waals surface area contributed by atoms with Crippen LogP contribution in [0.2, 0.25) is 0 Å². The molecule has 0 radical (unpaired) electrons. The van der Waals surface area contributed by atoms with Gasteiger partial charge in [-0.3, -0.25) is 0 Å². The lowest BCUT2D eigenvalue weighted by atomic mass is 10.1. The Morgan fingerprint density at radius 1 is 1.44 bits per heavy atom. The number of ether oxygens (including phenoxy) is 2. The van der Waals surface area contributed by atoms with Gasteiger partial charge in [-0.25, -0.2) is 4.79 Å². The van der Waals surface area contributed by atoms with Crippen molar-refractivity contribution in [3.8, 4) is 5.75 Å². The molecule has 0 unspecified atom stereocenters. The third kappa shape index (κ3) is 3.99. The summed E-state index contributed by atoms with van der Waals surface area (Å²) in [7, 11) is 1.64. The van der Waals surface area contributed by atoms with Gasteiger partial charge in [0.1, 0.15) is 11.3 Å². The average molecular weight is 317 g/mol. The van der Waals surface area contributed by atoms with Crippen molar-refractivity contribution in [1.29, 1.82) is 0 Å². The number of carboxylic acid groups (broad SMARTS) is 1. The molecule has 1 N–H and O–H groups in total. The minimum absolute atomic E-state index is 0.146. The Kier molecular flexibility index (Phi) is 5.16. The maximum atomic E-state index is 11.1. The Bertz CT molecular complexity index is 429. The molecule has 1 rings (SSSR count). The second-order valence-electron chi connectivity index (χ2n) is 4.48. The molecule has 0 aliphatic heterocycles. The van der Waals surface area contributed by atoms with E-state index in [-0.39, 0.29) is 11.2 Å². The van der Waals surface area contributed by atoms with Gasteiger partial charge in [-0.15, -0.1) is 0 Å². The Morgan fingerprint density at radius 3 is 2.67 bits per heavy atom. The number of aromatic carboxylic acids is 1. The molecule has 0 amide bonds. The molecule has 1 aromatic carbocycles. The van der Waals surface area contributed by atoms with E-state index < -0.39 is 5.97 Å². The summed E-state index contributed by atoms with van der Waals surface area (Å²) in [5.74, 6) is -0.646. The van der Waals surface area contributed by atoms with Crippen molar-refractivity contribution in [2.75, 3.05) is 13.7 Å². The first-order valence-electron chi connectivity index (χ1n) is 5.57. The van der Waals surface area contributed by atoms with Crippen LogP contribution in [0.15, 0.2) is 22.7 Å². The Hall–Kier alpha value is -1.07. The minimum Gasteiger partial charge on any atom is -0.493 e. The number of methoxy groups -OCH3 is 1. The summed E-state index contributed by atoms with van der Waals surface area (Å²) in [5, 5.41) is 9.12. The number of benzene rings is 1. The summed E-state index contributed by atoms with van der Waals surface area (Å²) in [5.41, 5.74) is -0.136. The predicted molar refractivity (Wildman–Crippen MR) is 72.3 cm³/mol. The van der Waals surface area contributed by atoms with Crippen LogP contribution in [0.25, 0.3) is 0 Å². The van der Waals surface area contributed by atoms with Gasteiger partial charge in [0.2, 0.25) is 0 Å². The fraction of sp³-hybridized carbons (Fsp3) is 0.462. The van der Waals surface area contributed by atoms with Gasteiger partial charge in [0, 0.05) is 18.0 Å². The molecule has 0 aromatic heterocycles. The van der Waals surface area contributed by atoms with Crippen LogP contribution in [-0.4, -0.2) is 30.4 Å². The monoisotopic (exact) mass is 316 g/mol. The number of hydrogen-bond acceptors (Lipinski definition) is 3. The summed E-state index contributed by atoms with van der Waals surface area (Å²) >= 11 is 3.21. The van der Waals surface area contributed by atoms with Crippen LogP contribution in [0.3, 0.4) is 0 Å². The first-order chi connectivity index (χ1) is 8.37. The normalized spacial score (nSPS) is 11.3. The van der Waals surface area contributed by atoms with Crippen molar-refractivity contribution in [2.24, 2.45) is 0 Å². The van der Waals surface area contributed by atoms with Gasteiger partial charge in [0.15, 0.2) is 0 Å². The van der Waals surface area contributed by atoms with Crippen molar-refractivity contribution in [3.05, 3.63) is 28.2 Å². The summed E-state index contributed by atoms with van der Waals surface area (Å²) in [6, 6.07) is 5.07. The lowest BCUT2D eigenvalue weighted by Crippen LogP contribution is -2.25. The molecule has 0 fully saturated rings. The standard InChI is InChI=1S/C13H17BrO4/c1-13(2,17-3)7-8-18-10-6-4-5-9(14)11(10)12(15)16/h4-6H,7-8H2,1-3H3,(H,15,16). The number of halogens is 1. The van der Waals surface area contributed by atoms with Gasteiger partial charge in [-0.2, -0.15) is 0 Å². The maximum Gasteiger partial charge on any atom is 0.340 e. The summed E-state index contributed by atoms with van der Waals surface area (Å²) in [6.45, 7) is 4.31. The molecule has 1 aromatic rings. The number of carbonyl (C=O) groups is 1. The van der Waals surface area contributed by atoms with E-state index >= 15 is 0 Å². The van der Waals surface area contributed by atoms with Crippen LogP contribution in [0.1, 0.15) is 30.6 Å². The largest absolute Gasteiger partial charge is 0.493 e. The van der Waals surface area contributed by atoms with Crippen LogP contribution < -0.4 is 4.74 Å². The first kappa shape index (κ1) is 15.0. The third-order valence-corrected chi connectivity index (χ3v) is 3.36. The quantitative estimate of drug-likeness (QED) is 0.874. The molecule has 0 heterocycles. The Balaban J connectivity index is 2.74. The van der Waals surface area contributed by atoms with Gasteiger partial charge in [-0.05, 0) is 41.9 Å². The lowest BCUT2D eigenvalue weighted by molar-refractivity contribution is 0.00537. The second-order valence-corrected chi connectivity index (χ2v) is 5.33. The van der Waals surface area contributed by atoms with Crippen LogP contribution in [-0.2, 0) is 4.74 Å². The van der Waals surface area contributed by atoms with Gasteiger partial charge < -0.3 is 14.6 Å². The predicted octanol–water partition coefficient (Wildman–Crippen LogP) is 3.34. The Labute approximate surface area is 115 Å². The SMILES string of the molecule is COC(C)(C)CCOc1cccc(Br)c1C(=O)O. The van der Waals surface area contributed by atoms with E-state index in [9.17, 15) is 4.79 Å². The van der Waals surface area contributed by atoms with Crippen LogP contribution in [0.4, 0.5) is 0 Å². The summed E-state index contributed by atoms with van der Waals surface area (Å²) in [4.78, 5) is 11.1. The van der Waals surface area contributed by atoms with Gasteiger partial charge in [0.05, 0.1) is 12.2 Å². The molecular formula is C13H17BrO4. The molecule has 0 aliphatic carbocycles. The third-order valence-electron chi connectivity index (χ3n) is 2.70. The molecule has 0 saturated carbocycles. The molecule has 18 heavy (non-hydrogen) atoms.